The highest BCUT2D eigenvalue weighted by Gasteiger charge is 2.36. The van der Waals surface area contributed by atoms with E-state index in [0.29, 0.717) is 0 Å². The third kappa shape index (κ3) is 15.9. The summed E-state index contributed by atoms with van der Waals surface area (Å²) in [6, 6.07) is 0. The second-order valence-electron chi connectivity index (χ2n) is 7.39. The van der Waals surface area contributed by atoms with Crippen LogP contribution in [0, 0.1) is 17.3 Å². The summed E-state index contributed by atoms with van der Waals surface area (Å²) in [6.45, 7) is 16.9. The number of rotatable bonds is 0. The van der Waals surface area contributed by atoms with Crippen molar-refractivity contribution >= 4 is 0 Å². The van der Waals surface area contributed by atoms with E-state index in [1.54, 1.807) is 0 Å². The first-order valence-electron chi connectivity index (χ1n) is 11.2. The highest BCUT2D eigenvalue weighted by atomic mass is 14.4. The summed E-state index contributed by atoms with van der Waals surface area (Å²) in [5, 5.41) is 0. The standard InChI is InChI=1S/C9H16.C8H16.3C2H6.2CH4/c1-9-5-2-8(3-6-9)4-7-9;1-8-6-4-2-3-5-7-8;3*1-2;;/h8H,2-7H2,1H3;8H,2-7H2,1H3;3*1-2H3;2*1H4. The average molecular weight is 359 g/mol. The molecule has 0 nitrogen and oxygen atoms in total. The summed E-state index contributed by atoms with van der Waals surface area (Å²) >= 11 is 0. The summed E-state index contributed by atoms with van der Waals surface area (Å²) in [5.41, 5.74) is 0.786. The molecule has 4 saturated carbocycles. The lowest BCUT2D eigenvalue weighted by Gasteiger charge is -2.44. The van der Waals surface area contributed by atoms with Gasteiger partial charge in [0.05, 0.1) is 0 Å². The van der Waals surface area contributed by atoms with Gasteiger partial charge in [-0.3, -0.25) is 0 Å². The van der Waals surface area contributed by atoms with E-state index < -0.39 is 0 Å². The normalized spacial score (nSPS) is 26.6. The monoisotopic (exact) mass is 358 g/mol. The number of hydrogen-bond acceptors (Lipinski definition) is 0. The second kappa shape index (κ2) is 22.0. The van der Waals surface area contributed by atoms with Crippen LogP contribution < -0.4 is 0 Å². The maximum atomic E-state index is 2.47. The SMILES string of the molecule is C.C.CC.CC.CC.CC12CCC(CC1)CC2.CC1CCCCCC1. The Kier molecular flexibility index (Phi) is 28.8. The molecule has 25 heavy (non-hydrogen) atoms. The molecule has 0 heterocycles. The first-order chi connectivity index (χ1) is 11.2. The molecule has 4 fully saturated rings. The van der Waals surface area contributed by atoms with Gasteiger partial charge in [-0.25, -0.2) is 0 Å². The lowest BCUT2D eigenvalue weighted by molar-refractivity contribution is 0.0833. The average Bonchev–Trinajstić information content (AvgIpc) is 2.89. The van der Waals surface area contributed by atoms with Gasteiger partial charge in [0.25, 0.3) is 0 Å². The van der Waals surface area contributed by atoms with Crippen molar-refractivity contribution < 1.29 is 0 Å². The van der Waals surface area contributed by atoms with E-state index in [0.717, 1.165) is 17.3 Å². The third-order valence-electron chi connectivity index (χ3n) is 5.61. The molecule has 0 aliphatic heterocycles. The molecule has 0 heteroatoms. The zero-order valence-electron chi connectivity index (χ0n) is 18.1. The molecule has 0 spiro atoms. The van der Waals surface area contributed by atoms with E-state index in [1.807, 2.05) is 41.5 Å². The summed E-state index contributed by atoms with van der Waals surface area (Å²) in [6.07, 6.45) is 18.1. The smallest absolute Gasteiger partial charge is 0.0326 e. The first kappa shape index (κ1) is 32.7. The van der Waals surface area contributed by atoms with Gasteiger partial charge in [-0.1, -0.05) is 109 Å². The van der Waals surface area contributed by atoms with Gasteiger partial charge < -0.3 is 0 Å². The van der Waals surface area contributed by atoms with E-state index in [1.165, 1.54) is 77.0 Å². The van der Waals surface area contributed by atoms with Crippen LogP contribution in [0.15, 0.2) is 0 Å². The molecule has 0 saturated heterocycles. The van der Waals surface area contributed by atoms with E-state index in [9.17, 15) is 0 Å². The van der Waals surface area contributed by atoms with Crippen LogP contribution in [0.25, 0.3) is 0 Å². The molecule has 0 radical (unpaired) electrons. The molecule has 4 aliphatic carbocycles. The van der Waals surface area contributed by atoms with E-state index in [4.69, 9.17) is 0 Å². The minimum Gasteiger partial charge on any atom is -0.0776 e. The maximum Gasteiger partial charge on any atom is -0.0326 e. The Bertz CT molecular complexity index is 188. The van der Waals surface area contributed by atoms with E-state index in [-0.39, 0.29) is 14.9 Å². The van der Waals surface area contributed by atoms with Crippen LogP contribution in [-0.4, -0.2) is 0 Å². The highest BCUT2D eigenvalue weighted by Crippen LogP contribution is 2.49. The fourth-order valence-corrected chi connectivity index (χ4v) is 3.95. The molecular weight excluding hydrogens is 300 g/mol. The van der Waals surface area contributed by atoms with Gasteiger partial charge in [-0.2, -0.15) is 0 Å². The van der Waals surface area contributed by atoms with Gasteiger partial charge in [0, 0.05) is 0 Å². The Hall–Kier alpha value is 0. The van der Waals surface area contributed by atoms with Gasteiger partial charge >= 0.3 is 0 Å². The summed E-state index contributed by atoms with van der Waals surface area (Å²) < 4.78 is 0. The van der Waals surface area contributed by atoms with Crippen molar-refractivity contribution in [2.45, 2.75) is 147 Å². The predicted molar refractivity (Wildman–Crippen MR) is 124 cm³/mol. The predicted octanol–water partition coefficient (Wildman–Crippen LogP) is 10.3. The van der Waals surface area contributed by atoms with Gasteiger partial charge in [-0.15, -0.1) is 0 Å². The molecule has 4 rings (SSSR count). The van der Waals surface area contributed by atoms with Crippen LogP contribution in [0.1, 0.15) is 147 Å². The topological polar surface area (TPSA) is 0 Å². The minimum atomic E-state index is 0. The molecule has 0 aromatic heterocycles. The molecule has 0 unspecified atom stereocenters. The van der Waals surface area contributed by atoms with Crippen LogP contribution in [0.2, 0.25) is 0 Å². The molecule has 0 atom stereocenters. The second-order valence-corrected chi connectivity index (χ2v) is 7.39. The molecule has 158 valence electrons. The van der Waals surface area contributed by atoms with E-state index >= 15 is 0 Å². The zero-order valence-corrected chi connectivity index (χ0v) is 18.1. The van der Waals surface area contributed by atoms with Crippen molar-refractivity contribution in [3.63, 3.8) is 0 Å². The van der Waals surface area contributed by atoms with Crippen molar-refractivity contribution in [2.75, 3.05) is 0 Å². The lowest BCUT2D eigenvalue weighted by Crippen LogP contribution is -2.30. The Morgan fingerprint density at radius 1 is 0.560 bits per heavy atom. The Morgan fingerprint density at radius 3 is 1.12 bits per heavy atom. The highest BCUT2D eigenvalue weighted by molar-refractivity contribution is 4.88. The Balaban J connectivity index is -0.000000129. The van der Waals surface area contributed by atoms with Crippen LogP contribution in [0.5, 0.6) is 0 Å². The molecular formula is C25H58. The minimum absolute atomic E-state index is 0. The zero-order chi connectivity index (χ0) is 18.1. The van der Waals surface area contributed by atoms with Gasteiger partial charge in [0.2, 0.25) is 0 Å². The summed E-state index contributed by atoms with van der Waals surface area (Å²) in [7, 11) is 0. The molecule has 0 N–H and O–H groups in total. The van der Waals surface area contributed by atoms with Crippen molar-refractivity contribution in [3.8, 4) is 0 Å². The van der Waals surface area contributed by atoms with Crippen molar-refractivity contribution in [1.82, 2.24) is 0 Å². The lowest BCUT2D eigenvalue weighted by atomic mass is 9.62. The fraction of sp³-hybridized carbons (Fsp3) is 1.00. The summed E-state index contributed by atoms with van der Waals surface area (Å²) in [5.74, 6) is 2.16. The van der Waals surface area contributed by atoms with Crippen LogP contribution >= 0.6 is 0 Å². The van der Waals surface area contributed by atoms with Gasteiger partial charge in [0.15, 0.2) is 0 Å². The Morgan fingerprint density at radius 2 is 0.880 bits per heavy atom. The van der Waals surface area contributed by atoms with Crippen molar-refractivity contribution in [2.24, 2.45) is 17.3 Å². The van der Waals surface area contributed by atoms with Gasteiger partial charge in [0.1, 0.15) is 0 Å². The molecule has 0 aromatic carbocycles. The number of fused-ring (bicyclic) bond motifs is 3. The Labute approximate surface area is 165 Å². The summed E-state index contributed by atoms with van der Waals surface area (Å²) in [4.78, 5) is 0. The molecule has 2 bridgehead atoms. The third-order valence-corrected chi connectivity index (χ3v) is 5.61. The maximum absolute atomic E-state index is 2.47. The fourth-order valence-electron chi connectivity index (χ4n) is 3.95. The molecule has 0 aromatic rings. The number of hydrogen-bond donors (Lipinski definition) is 0. The van der Waals surface area contributed by atoms with E-state index in [2.05, 4.69) is 13.8 Å². The van der Waals surface area contributed by atoms with Crippen LogP contribution in [0.4, 0.5) is 0 Å². The molecule has 4 aliphatic rings. The van der Waals surface area contributed by atoms with Crippen LogP contribution in [-0.2, 0) is 0 Å². The van der Waals surface area contributed by atoms with Crippen molar-refractivity contribution in [3.05, 3.63) is 0 Å². The first-order valence-corrected chi connectivity index (χ1v) is 11.2. The largest absolute Gasteiger partial charge is 0.0776 e. The van der Waals surface area contributed by atoms with Gasteiger partial charge in [-0.05, 0) is 55.8 Å². The quantitative estimate of drug-likeness (QED) is 0.378. The molecule has 0 amide bonds. The van der Waals surface area contributed by atoms with Crippen LogP contribution in [0.3, 0.4) is 0 Å². The van der Waals surface area contributed by atoms with Crippen molar-refractivity contribution in [1.29, 1.82) is 0 Å².